The van der Waals surface area contributed by atoms with Gasteiger partial charge in [0.05, 0.1) is 35.5 Å². The maximum Gasteiger partial charge on any atom is 0.255 e. The molecule has 0 spiro atoms. The van der Waals surface area contributed by atoms with Gasteiger partial charge >= 0.3 is 0 Å². The van der Waals surface area contributed by atoms with Crippen molar-refractivity contribution < 1.29 is 9.59 Å². The summed E-state index contributed by atoms with van der Waals surface area (Å²) in [5.41, 5.74) is 3.70. The Morgan fingerprint density at radius 3 is 2.87 bits per heavy atom. The molecule has 160 valence electrons. The van der Waals surface area contributed by atoms with Crippen molar-refractivity contribution in [3.8, 4) is 0 Å². The lowest BCUT2D eigenvalue weighted by molar-refractivity contribution is -0.117. The number of rotatable bonds is 5. The number of nitrogens with zero attached hydrogens (tertiary/aromatic N) is 6. The molecule has 2 aliphatic rings. The summed E-state index contributed by atoms with van der Waals surface area (Å²) in [4.78, 5) is 37.9. The van der Waals surface area contributed by atoms with E-state index >= 15 is 0 Å². The molecule has 5 heterocycles. The third-order valence-electron chi connectivity index (χ3n) is 5.82. The summed E-state index contributed by atoms with van der Waals surface area (Å²) in [5, 5.41) is 9.24. The number of nitrogens with one attached hydrogen (secondary N) is 1. The van der Waals surface area contributed by atoms with Crippen LogP contribution in [0.3, 0.4) is 0 Å². The molecule has 0 radical (unpaired) electrons. The molecule has 0 aliphatic carbocycles. The highest BCUT2D eigenvalue weighted by Gasteiger charge is 2.29. The van der Waals surface area contributed by atoms with Crippen LogP contribution >= 0.6 is 11.3 Å². The predicted molar refractivity (Wildman–Crippen MR) is 117 cm³/mol. The van der Waals surface area contributed by atoms with Crippen molar-refractivity contribution >= 4 is 34.7 Å². The SMILES string of the molecule is O=C(c1cnc2c(c1)N(Cc1cscn1)C(=O)CN2)N1CCC(Cn2cccn2)CC1. The Kier molecular flexibility index (Phi) is 5.37. The summed E-state index contributed by atoms with van der Waals surface area (Å²) in [7, 11) is 0. The fourth-order valence-electron chi connectivity index (χ4n) is 4.13. The van der Waals surface area contributed by atoms with Gasteiger partial charge in [0, 0.05) is 43.6 Å². The zero-order valence-corrected chi connectivity index (χ0v) is 17.8. The van der Waals surface area contributed by atoms with Crippen LogP contribution in [-0.4, -0.2) is 56.1 Å². The molecule has 0 saturated carbocycles. The number of pyridine rings is 1. The zero-order valence-electron chi connectivity index (χ0n) is 17.0. The first-order valence-electron chi connectivity index (χ1n) is 10.4. The summed E-state index contributed by atoms with van der Waals surface area (Å²) in [5.74, 6) is 1.02. The van der Waals surface area contributed by atoms with Gasteiger partial charge in [0.1, 0.15) is 0 Å². The number of thiazole rings is 1. The van der Waals surface area contributed by atoms with Crippen molar-refractivity contribution in [1.82, 2.24) is 24.6 Å². The van der Waals surface area contributed by atoms with Gasteiger partial charge in [-0.15, -0.1) is 11.3 Å². The van der Waals surface area contributed by atoms with E-state index in [2.05, 4.69) is 20.4 Å². The number of aromatic nitrogens is 4. The molecule has 1 saturated heterocycles. The lowest BCUT2D eigenvalue weighted by atomic mass is 9.96. The minimum Gasteiger partial charge on any atom is -0.359 e. The number of carbonyl (C=O) groups excluding carboxylic acids is 2. The third-order valence-corrected chi connectivity index (χ3v) is 6.46. The van der Waals surface area contributed by atoms with Gasteiger partial charge in [-0.2, -0.15) is 5.10 Å². The molecule has 2 aliphatic heterocycles. The van der Waals surface area contributed by atoms with Gasteiger partial charge in [0.15, 0.2) is 5.82 Å². The summed E-state index contributed by atoms with van der Waals surface area (Å²) >= 11 is 1.49. The summed E-state index contributed by atoms with van der Waals surface area (Å²) in [6.45, 7) is 2.86. The van der Waals surface area contributed by atoms with Crippen LogP contribution in [0, 0.1) is 5.92 Å². The van der Waals surface area contributed by atoms with Gasteiger partial charge in [0.2, 0.25) is 5.91 Å². The van der Waals surface area contributed by atoms with Crippen LogP contribution in [0.15, 0.2) is 41.6 Å². The zero-order chi connectivity index (χ0) is 21.2. The van der Waals surface area contributed by atoms with E-state index < -0.39 is 0 Å². The fourth-order valence-corrected chi connectivity index (χ4v) is 4.68. The molecular weight excluding hydrogens is 414 g/mol. The van der Waals surface area contributed by atoms with Crippen LogP contribution in [0.4, 0.5) is 11.5 Å². The highest BCUT2D eigenvalue weighted by Crippen LogP contribution is 2.30. The standard InChI is InChI=1S/C21H23N7O2S/c29-19-10-23-20-18(28(19)12-17-13-31-14-24-17)8-16(9-22-20)21(30)26-6-2-15(3-7-26)11-27-5-1-4-25-27/h1,4-5,8-9,13-15H,2-3,6-7,10-12H2,(H,22,23). The van der Waals surface area contributed by atoms with Crippen molar-refractivity contribution in [2.45, 2.75) is 25.9 Å². The van der Waals surface area contributed by atoms with E-state index in [1.165, 1.54) is 11.3 Å². The van der Waals surface area contributed by atoms with E-state index in [-0.39, 0.29) is 18.4 Å². The predicted octanol–water partition coefficient (Wildman–Crippen LogP) is 2.25. The van der Waals surface area contributed by atoms with Crippen molar-refractivity contribution in [1.29, 1.82) is 0 Å². The molecular formula is C21H23N7O2S. The normalized spacial score (nSPS) is 16.8. The van der Waals surface area contributed by atoms with E-state index in [9.17, 15) is 9.59 Å². The minimum absolute atomic E-state index is 0.0422. The fraction of sp³-hybridized carbons (Fsp3) is 0.381. The van der Waals surface area contributed by atoms with Gasteiger partial charge in [-0.3, -0.25) is 14.3 Å². The van der Waals surface area contributed by atoms with E-state index in [0.717, 1.165) is 25.1 Å². The van der Waals surface area contributed by atoms with Crippen molar-refractivity contribution in [2.75, 3.05) is 29.9 Å². The minimum atomic E-state index is -0.0636. The van der Waals surface area contributed by atoms with E-state index in [0.29, 0.717) is 42.6 Å². The number of fused-ring (bicyclic) bond motifs is 1. The first-order valence-corrected chi connectivity index (χ1v) is 11.3. The highest BCUT2D eigenvalue weighted by atomic mass is 32.1. The summed E-state index contributed by atoms with van der Waals surface area (Å²) < 4.78 is 1.95. The number of amides is 2. The lowest BCUT2D eigenvalue weighted by Gasteiger charge is -2.33. The van der Waals surface area contributed by atoms with Crippen LogP contribution in [0.5, 0.6) is 0 Å². The second-order valence-corrected chi connectivity index (χ2v) is 8.59. The summed E-state index contributed by atoms with van der Waals surface area (Å²) in [6.07, 6.45) is 7.25. The number of hydrogen-bond donors (Lipinski definition) is 1. The third kappa shape index (κ3) is 4.15. The Balaban J connectivity index is 1.29. The molecule has 0 aromatic carbocycles. The molecule has 2 amide bonds. The van der Waals surface area contributed by atoms with Crippen LogP contribution in [0.2, 0.25) is 0 Å². The number of piperidine rings is 1. The van der Waals surface area contributed by atoms with Gasteiger partial charge in [-0.25, -0.2) is 9.97 Å². The molecule has 31 heavy (non-hydrogen) atoms. The molecule has 3 aromatic rings. The first-order chi connectivity index (χ1) is 15.2. The molecule has 1 N–H and O–H groups in total. The lowest BCUT2D eigenvalue weighted by Crippen LogP contribution is -2.41. The van der Waals surface area contributed by atoms with Gasteiger partial charge in [-0.1, -0.05) is 0 Å². The molecule has 3 aromatic heterocycles. The first kappa shape index (κ1) is 19.7. The molecule has 1 fully saturated rings. The number of carbonyl (C=O) groups is 2. The van der Waals surface area contributed by atoms with Gasteiger partial charge in [0.25, 0.3) is 5.91 Å². The maximum atomic E-state index is 13.1. The van der Waals surface area contributed by atoms with Crippen molar-refractivity contribution in [3.63, 3.8) is 0 Å². The number of likely N-dealkylation sites (tertiary alicyclic amines) is 1. The van der Waals surface area contributed by atoms with Gasteiger partial charge in [-0.05, 0) is 30.9 Å². The van der Waals surface area contributed by atoms with Crippen LogP contribution in [-0.2, 0) is 17.9 Å². The Labute approximate surface area is 183 Å². The molecule has 9 nitrogen and oxygen atoms in total. The Hall–Kier alpha value is -3.27. The van der Waals surface area contributed by atoms with E-state index in [1.54, 1.807) is 28.9 Å². The molecule has 5 rings (SSSR count). The number of hydrogen-bond acceptors (Lipinski definition) is 7. The van der Waals surface area contributed by atoms with Crippen LogP contribution in [0.25, 0.3) is 0 Å². The van der Waals surface area contributed by atoms with E-state index in [1.807, 2.05) is 27.2 Å². The van der Waals surface area contributed by atoms with Crippen molar-refractivity contribution in [3.05, 3.63) is 52.9 Å². The average molecular weight is 438 g/mol. The summed E-state index contributed by atoms with van der Waals surface area (Å²) in [6, 6.07) is 3.70. The van der Waals surface area contributed by atoms with Crippen molar-refractivity contribution in [2.24, 2.45) is 5.92 Å². The largest absolute Gasteiger partial charge is 0.359 e. The number of anilines is 2. The Morgan fingerprint density at radius 1 is 1.26 bits per heavy atom. The average Bonchev–Trinajstić information content (AvgIpc) is 3.50. The smallest absolute Gasteiger partial charge is 0.255 e. The second kappa shape index (κ2) is 8.46. The second-order valence-electron chi connectivity index (χ2n) is 7.87. The Bertz CT molecular complexity index is 1060. The molecule has 10 heteroatoms. The topological polar surface area (TPSA) is 96.2 Å². The quantitative estimate of drug-likeness (QED) is 0.658. The van der Waals surface area contributed by atoms with E-state index in [4.69, 9.17) is 0 Å². The van der Waals surface area contributed by atoms with Gasteiger partial charge < -0.3 is 15.1 Å². The highest BCUT2D eigenvalue weighted by molar-refractivity contribution is 7.07. The van der Waals surface area contributed by atoms with Crippen LogP contribution < -0.4 is 10.2 Å². The van der Waals surface area contributed by atoms with Crippen LogP contribution in [0.1, 0.15) is 28.9 Å². The maximum absolute atomic E-state index is 13.1. The monoisotopic (exact) mass is 437 g/mol. The molecule has 0 unspecified atom stereocenters. The molecule has 0 atom stereocenters. The molecule has 0 bridgehead atoms. The Morgan fingerprint density at radius 2 is 2.13 bits per heavy atom.